The molecule has 2 aliphatic rings. The van der Waals surface area contributed by atoms with Crippen LogP contribution in [0, 0.1) is 0 Å². The number of hydrogen-bond acceptors (Lipinski definition) is 5. The van der Waals surface area contributed by atoms with Gasteiger partial charge in [0, 0.05) is 45.1 Å². The Labute approximate surface area is 186 Å². The summed E-state index contributed by atoms with van der Waals surface area (Å²) in [6, 6.07) is 10.1. The maximum Gasteiger partial charge on any atom is 0.338 e. The smallest absolute Gasteiger partial charge is 0.338 e. The molecule has 1 aromatic carbocycles. The van der Waals surface area contributed by atoms with Gasteiger partial charge in [-0.3, -0.25) is 19.3 Å². The van der Waals surface area contributed by atoms with Crippen LogP contribution in [0.25, 0.3) is 0 Å². The van der Waals surface area contributed by atoms with Crippen molar-refractivity contribution in [3.63, 3.8) is 0 Å². The van der Waals surface area contributed by atoms with Crippen molar-refractivity contribution in [2.75, 3.05) is 18.1 Å². The third kappa shape index (κ3) is 4.44. The van der Waals surface area contributed by atoms with E-state index in [0.717, 1.165) is 24.2 Å². The van der Waals surface area contributed by atoms with Gasteiger partial charge in [0.25, 0.3) is 5.91 Å². The predicted molar refractivity (Wildman–Crippen MR) is 117 cm³/mol. The van der Waals surface area contributed by atoms with Crippen molar-refractivity contribution in [3.8, 4) is 0 Å². The molecule has 8 heteroatoms. The summed E-state index contributed by atoms with van der Waals surface area (Å²) in [6.45, 7) is 0.884. The predicted octanol–water partition coefficient (Wildman–Crippen LogP) is 2.92. The second-order valence-electron chi connectivity index (χ2n) is 8.25. The summed E-state index contributed by atoms with van der Waals surface area (Å²) >= 11 is 0. The van der Waals surface area contributed by atoms with Gasteiger partial charge in [0.2, 0.25) is 11.8 Å². The van der Waals surface area contributed by atoms with E-state index >= 15 is 0 Å². The average Bonchev–Trinajstić information content (AvgIpc) is 3.38. The summed E-state index contributed by atoms with van der Waals surface area (Å²) < 4.78 is 7.29. The standard InChI is InChI=1S/C24H27N3O5/c1-25-13-5-9-20(25)23(30)26-14-3-2-7-18(26)12-15-32-24(31)17-6-4-8-19(16-17)27-21(28)10-11-22(27)29/h4-6,8-9,13,16,18H,2-3,7,10-12,14-15H2,1H3. The Morgan fingerprint density at radius 2 is 1.84 bits per heavy atom. The van der Waals surface area contributed by atoms with Crippen molar-refractivity contribution in [2.45, 2.75) is 44.6 Å². The largest absolute Gasteiger partial charge is 0.462 e. The molecular formula is C24H27N3O5. The fourth-order valence-corrected chi connectivity index (χ4v) is 4.41. The molecule has 0 aliphatic carbocycles. The fourth-order valence-electron chi connectivity index (χ4n) is 4.41. The number of carbonyl (C=O) groups excluding carboxylic acids is 4. The topological polar surface area (TPSA) is 88.9 Å². The van der Waals surface area contributed by atoms with Gasteiger partial charge in [-0.25, -0.2) is 4.79 Å². The van der Waals surface area contributed by atoms with E-state index in [0.29, 0.717) is 24.3 Å². The van der Waals surface area contributed by atoms with Gasteiger partial charge in [-0.05, 0) is 49.6 Å². The van der Waals surface area contributed by atoms with Crippen molar-refractivity contribution < 1.29 is 23.9 Å². The number of hydrogen-bond donors (Lipinski definition) is 0. The summed E-state index contributed by atoms with van der Waals surface area (Å²) in [7, 11) is 1.85. The number of benzene rings is 1. The lowest BCUT2D eigenvalue weighted by Crippen LogP contribution is -2.44. The summed E-state index contributed by atoms with van der Waals surface area (Å²) in [5.74, 6) is -1.04. The van der Waals surface area contributed by atoms with Crippen LogP contribution < -0.4 is 4.90 Å². The molecule has 2 fully saturated rings. The molecule has 0 bridgehead atoms. The first-order valence-corrected chi connectivity index (χ1v) is 11.0. The van der Waals surface area contributed by atoms with Gasteiger partial charge in [0.05, 0.1) is 17.9 Å². The third-order valence-corrected chi connectivity index (χ3v) is 6.13. The number of aryl methyl sites for hydroxylation is 1. The normalized spacial score (nSPS) is 18.8. The SMILES string of the molecule is Cn1cccc1C(=O)N1CCCCC1CCOC(=O)c1cccc(N2C(=O)CCC2=O)c1. The van der Waals surface area contributed by atoms with Crippen molar-refractivity contribution in [1.82, 2.24) is 9.47 Å². The minimum atomic E-state index is -0.512. The van der Waals surface area contributed by atoms with Crippen molar-refractivity contribution >= 4 is 29.4 Å². The van der Waals surface area contributed by atoms with E-state index < -0.39 is 5.97 Å². The molecule has 1 aromatic heterocycles. The average molecular weight is 437 g/mol. The second kappa shape index (κ2) is 9.38. The molecule has 32 heavy (non-hydrogen) atoms. The highest BCUT2D eigenvalue weighted by Gasteiger charge is 2.31. The molecule has 3 heterocycles. The lowest BCUT2D eigenvalue weighted by molar-refractivity contribution is -0.121. The molecule has 3 amide bonds. The first kappa shape index (κ1) is 21.8. The zero-order valence-corrected chi connectivity index (χ0v) is 18.2. The minimum Gasteiger partial charge on any atom is -0.462 e. The van der Waals surface area contributed by atoms with Crippen LogP contribution in [0.4, 0.5) is 5.69 Å². The Hall–Kier alpha value is -3.42. The monoisotopic (exact) mass is 437 g/mol. The number of carbonyl (C=O) groups is 4. The van der Waals surface area contributed by atoms with Crippen LogP contribution in [0.1, 0.15) is 59.4 Å². The number of rotatable bonds is 6. The third-order valence-electron chi connectivity index (χ3n) is 6.13. The molecule has 8 nitrogen and oxygen atoms in total. The Morgan fingerprint density at radius 1 is 1.06 bits per heavy atom. The van der Waals surface area contributed by atoms with Crippen LogP contribution in [0.5, 0.6) is 0 Å². The molecule has 1 unspecified atom stereocenters. The number of likely N-dealkylation sites (tertiary alicyclic amines) is 1. The molecule has 0 saturated carbocycles. The number of piperidine rings is 1. The number of esters is 1. The number of aromatic nitrogens is 1. The molecule has 0 radical (unpaired) electrons. The molecular weight excluding hydrogens is 410 g/mol. The molecule has 1 atom stereocenters. The summed E-state index contributed by atoms with van der Waals surface area (Å²) in [6.07, 6.45) is 5.67. The van der Waals surface area contributed by atoms with E-state index in [9.17, 15) is 19.2 Å². The van der Waals surface area contributed by atoms with Gasteiger partial charge in [-0.15, -0.1) is 0 Å². The number of nitrogens with zero attached hydrogens (tertiary/aromatic N) is 3. The van der Waals surface area contributed by atoms with Crippen LogP contribution in [0.2, 0.25) is 0 Å². The highest BCUT2D eigenvalue weighted by atomic mass is 16.5. The summed E-state index contributed by atoms with van der Waals surface area (Å²) in [4.78, 5) is 52.5. The maximum atomic E-state index is 13.0. The second-order valence-corrected chi connectivity index (χ2v) is 8.25. The van der Waals surface area contributed by atoms with Gasteiger partial charge < -0.3 is 14.2 Å². The Morgan fingerprint density at radius 3 is 2.56 bits per heavy atom. The van der Waals surface area contributed by atoms with Crippen LogP contribution in [0.15, 0.2) is 42.6 Å². The molecule has 0 N–H and O–H groups in total. The number of imide groups is 1. The summed E-state index contributed by atoms with van der Waals surface area (Å²) in [5, 5.41) is 0. The maximum absolute atomic E-state index is 13.0. The van der Waals surface area contributed by atoms with Gasteiger partial charge in [0.15, 0.2) is 0 Å². The van der Waals surface area contributed by atoms with Gasteiger partial charge >= 0.3 is 5.97 Å². The molecule has 4 rings (SSSR count). The van der Waals surface area contributed by atoms with Gasteiger partial charge in [0.1, 0.15) is 5.69 Å². The van der Waals surface area contributed by atoms with E-state index in [-0.39, 0.29) is 48.8 Å². The first-order chi connectivity index (χ1) is 15.5. The van der Waals surface area contributed by atoms with E-state index in [1.54, 1.807) is 18.2 Å². The van der Waals surface area contributed by atoms with Crippen LogP contribution in [-0.2, 0) is 21.4 Å². The fraction of sp³-hybridized carbons (Fsp3) is 0.417. The number of amides is 3. The highest BCUT2D eigenvalue weighted by Crippen LogP contribution is 2.25. The lowest BCUT2D eigenvalue weighted by Gasteiger charge is -2.35. The van der Waals surface area contributed by atoms with Crippen LogP contribution in [-0.4, -0.2) is 52.4 Å². The van der Waals surface area contributed by atoms with Crippen LogP contribution >= 0.6 is 0 Å². The lowest BCUT2D eigenvalue weighted by atomic mass is 9.99. The van der Waals surface area contributed by atoms with Crippen molar-refractivity contribution in [2.24, 2.45) is 7.05 Å². The van der Waals surface area contributed by atoms with E-state index in [4.69, 9.17) is 4.74 Å². The van der Waals surface area contributed by atoms with Gasteiger partial charge in [-0.2, -0.15) is 0 Å². The quantitative estimate of drug-likeness (QED) is 0.512. The van der Waals surface area contributed by atoms with Crippen molar-refractivity contribution in [3.05, 3.63) is 53.9 Å². The Bertz CT molecular complexity index is 1030. The van der Waals surface area contributed by atoms with Crippen molar-refractivity contribution in [1.29, 1.82) is 0 Å². The molecule has 0 spiro atoms. The first-order valence-electron chi connectivity index (χ1n) is 11.0. The van der Waals surface area contributed by atoms with Gasteiger partial charge in [-0.1, -0.05) is 6.07 Å². The Kier molecular flexibility index (Phi) is 6.39. The number of ether oxygens (including phenoxy) is 1. The number of anilines is 1. The molecule has 168 valence electrons. The highest BCUT2D eigenvalue weighted by molar-refractivity contribution is 6.20. The van der Waals surface area contributed by atoms with E-state index in [1.807, 2.05) is 34.8 Å². The van der Waals surface area contributed by atoms with Crippen LogP contribution in [0.3, 0.4) is 0 Å². The zero-order chi connectivity index (χ0) is 22.7. The molecule has 2 aromatic rings. The minimum absolute atomic E-state index is 0.00109. The Balaban J connectivity index is 1.36. The van der Waals surface area contributed by atoms with E-state index in [2.05, 4.69) is 0 Å². The van der Waals surface area contributed by atoms with E-state index in [1.165, 1.54) is 6.07 Å². The molecule has 2 saturated heterocycles. The molecule has 2 aliphatic heterocycles. The zero-order valence-electron chi connectivity index (χ0n) is 18.2. The summed E-state index contributed by atoms with van der Waals surface area (Å²) in [5.41, 5.74) is 1.32.